The van der Waals surface area contributed by atoms with Crippen LogP contribution >= 0.6 is 15.9 Å². The normalized spacial score (nSPS) is 11.0. The average Bonchev–Trinajstić information content (AvgIpc) is 3.19. The van der Waals surface area contributed by atoms with Crippen molar-refractivity contribution in [3.05, 3.63) is 95.6 Å². The van der Waals surface area contributed by atoms with Crippen molar-refractivity contribution >= 4 is 21.4 Å². The van der Waals surface area contributed by atoms with E-state index in [1.165, 1.54) is 0 Å². The molecule has 0 aliphatic rings. The summed E-state index contributed by atoms with van der Waals surface area (Å²) in [6.45, 7) is 0. The van der Waals surface area contributed by atoms with Gasteiger partial charge in [0, 0.05) is 21.2 Å². The number of rotatable bonds is 3. The SMILES string of the molecule is Brc1ccc(-c2nnn3ncc(-c4ccccc4)c(-c4ccccc4)c23)cc1. The van der Waals surface area contributed by atoms with Crippen LogP contribution in [0.4, 0.5) is 0 Å². The molecule has 5 aromatic rings. The van der Waals surface area contributed by atoms with Crippen LogP contribution in [0.3, 0.4) is 0 Å². The van der Waals surface area contributed by atoms with E-state index in [2.05, 4.69) is 55.6 Å². The van der Waals surface area contributed by atoms with Crippen molar-refractivity contribution in [2.45, 2.75) is 0 Å². The molecule has 134 valence electrons. The lowest BCUT2D eigenvalue weighted by Gasteiger charge is -2.12. The molecule has 0 aliphatic carbocycles. The van der Waals surface area contributed by atoms with Gasteiger partial charge in [0.2, 0.25) is 0 Å². The van der Waals surface area contributed by atoms with Crippen LogP contribution < -0.4 is 0 Å². The third-order valence-electron chi connectivity index (χ3n) is 4.72. The Labute approximate surface area is 170 Å². The van der Waals surface area contributed by atoms with E-state index in [-0.39, 0.29) is 0 Å². The summed E-state index contributed by atoms with van der Waals surface area (Å²) < 4.78 is 2.64. The Kier molecular flexibility index (Phi) is 4.22. The van der Waals surface area contributed by atoms with Crippen molar-refractivity contribution in [1.82, 2.24) is 20.0 Å². The van der Waals surface area contributed by atoms with Crippen LogP contribution in [-0.2, 0) is 0 Å². The first-order valence-corrected chi connectivity index (χ1v) is 9.72. The van der Waals surface area contributed by atoms with E-state index < -0.39 is 0 Å². The van der Waals surface area contributed by atoms with E-state index in [1.54, 1.807) is 4.63 Å². The predicted molar refractivity (Wildman–Crippen MR) is 115 cm³/mol. The Morgan fingerprint density at radius 1 is 0.679 bits per heavy atom. The molecule has 0 spiro atoms. The molecule has 0 unspecified atom stereocenters. The number of nitrogens with zero attached hydrogens (tertiary/aromatic N) is 4. The molecule has 5 rings (SSSR count). The molecule has 4 nitrogen and oxygen atoms in total. The van der Waals surface area contributed by atoms with Gasteiger partial charge in [0.1, 0.15) is 11.2 Å². The van der Waals surface area contributed by atoms with Gasteiger partial charge >= 0.3 is 0 Å². The number of hydrogen-bond acceptors (Lipinski definition) is 3. The Morgan fingerprint density at radius 2 is 1.32 bits per heavy atom. The van der Waals surface area contributed by atoms with Crippen LogP contribution in [0.15, 0.2) is 95.6 Å². The molecule has 0 saturated heterocycles. The fraction of sp³-hybridized carbons (Fsp3) is 0. The summed E-state index contributed by atoms with van der Waals surface area (Å²) in [6.07, 6.45) is 1.87. The van der Waals surface area contributed by atoms with Crippen molar-refractivity contribution in [3.8, 4) is 33.5 Å². The topological polar surface area (TPSA) is 43.1 Å². The third-order valence-corrected chi connectivity index (χ3v) is 5.25. The summed E-state index contributed by atoms with van der Waals surface area (Å²) in [4.78, 5) is 0. The highest BCUT2D eigenvalue weighted by Gasteiger charge is 2.19. The highest BCUT2D eigenvalue weighted by Crippen LogP contribution is 2.38. The van der Waals surface area contributed by atoms with Gasteiger partial charge in [-0.3, -0.25) is 0 Å². The third kappa shape index (κ3) is 2.90. The molecule has 0 amide bonds. The van der Waals surface area contributed by atoms with Gasteiger partial charge in [-0.15, -0.1) is 9.73 Å². The first kappa shape index (κ1) is 16.8. The number of benzene rings is 3. The standard InChI is InChI=1S/C23H15BrN4/c24-19-13-11-18(12-14-19)22-23-21(17-9-5-2-6-10-17)20(15-25-28(23)27-26-22)16-7-3-1-4-8-16/h1-15H. The zero-order chi connectivity index (χ0) is 18.9. The molecule has 0 radical (unpaired) electrons. The van der Waals surface area contributed by atoms with Crippen molar-refractivity contribution in [1.29, 1.82) is 0 Å². The van der Waals surface area contributed by atoms with Crippen LogP contribution in [0.25, 0.3) is 39.0 Å². The summed E-state index contributed by atoms with van der Waals surface area (Å²) in [7, 11) is 0. The van der Waals surface area contributed by atoms with Gasteiger partial charge in [0.05, 0.1) is 6.20 Å². The molecule has 28 heavy (non-hydrogen) atoms. The minimum atomic E-state index is 0.816. The van der Waals surface area contributed by atoms with E-state index in [9.17, 15) is 0 Å². The maximum atomic E-state index is 4.54. The second-order valence-corrected chi connectivity index (χ2v) is 7.36. The second-order valence-electron chi connectivity index (χ2n) is 6.45. The molecule has 5 heteroatoms. The summed E-state index contributed by atoms with van der Waals surface area (Å²) in [5.41, 5.74) is 7.06. The molecule has 0 atom stereocenters. The van der Waals surface area contributed by atoms with Crippen LogP contribution in [0, 0.1) is 0 Å². The molecule has 0 aliphatic heterocycles. The molecule has 0 bridgehead atoms. The van der Waals surface area contributed by atoms with E-state index in [0.717, 1.165) is 43.5 Å². The molecule has 2 aromatic heterocycles. The summed E-state index contributed by atoms with van der Waals surface area (Å²) >= 11 is 3.50. The van der Waals surface area contributed by atoms with Crippen molar-refractivity contribution < 1.29 is 0 Å². The zero-order valence-corrected chi connectivity index (χ0v) is 16.4. The van der Waals surface area contributed by atoms with E-state index in [4.69, 9.17) is 0 Å². The van der Waals surface area contributed by atoms with Gasteiger partial charge < -0.3 is 0 Å². The van der Waals surface area contributed by atoms with Crippen molar-refractivity contribution in [3.63, 3.8) is 0 Å². The molecular weight excluding hydrogens is 412 g/mol. The molecular formula is C23H15BrN4. The Morgan fingerprint density at radius 3 is 2.00 bits per heavy atom. The first-order chi connectivity index (χ1) is 13.8. The highest BCUT2D eigenvalue weighted by molar-refractivity contribution is 9.10. The maximum absolute atomic E-state index is 4.54. The van der Waals surface area contributed by atoms with Crippen LogP contribution in [0.1, 0.15) is 0 Å². The van der Waals surface area contributed by atoms with E-state index >= 15 is 0 Å². The van der Waals surface area contributed by atoms with Crippen molar-refractivity contribution in [2.75, 3.05) is 0 Å². The minimum absolute atomic E-state index is 0.816. The van der Waals surface area contributed by atoms with Gasteiger partial charge in [0.25, 0.3) is 0 Å². The predicted octanol–water partition coefficient (Wildman–Crippen LogP) is 5.89. The fourth-order valence-electron chi connectivity index (χ4n) is 3.41. The molecule has 2 heterocycles. The number of halogens is 1. The van der Waals surface area contributed by atoms with Gasteiger partial charge in [0.15, 0.2) is 0 Å². The highest BCUT2D eigenvalue weighted by atomic mass is 79.9. The number of hydrogen-bond donors (Lipinski definition) is 0. The summed E-state index contributed by atoms with van der Waals surface area (Å²) in [6, 6.07) is 28.7. The largest absolute Gasteiger partial charge is 0.156 e. The number of aromatic nitrogens is 4. The second kappa shape index (κ2) is 7.02. The van der Waals surface area contributed by atoms with Gasteiger partial charge in [-0.1, -0.05) is 88.7 Å². The monoisotopic (exact) mass is 426 g/mol. The quantitative estimate of drug-likeness (QED) is 0.361. The molecule has 0 fully saturated rings. The molecule has 3 aromatic carbocycles. The van der Waals surface area contributed by atoms with Gasteiger partial charge in [-0.2, -0.15) is 5.10 Å². The molecule has 0 N–H and O–H groups in total. The lowest BCUT2D eigenvalue weighted by molar-refractivity contribution is 0.745. The lowest BCUT2D eigenvalue weighted by Crippen LogP contribution is -1.98. The smallest absolute Gasteiger partial charge is 0.124 e. The summed E-state index contributed by atoms with van der Waals surface area (Å²) in [5.74, 6) is 0. The Hall–Kier alpha value is -3.31. The Balaban J connectivity index is 1.87. The molecule has 0 saturated carbocycles. The Bertz CT molecular complexity index is 1250. The van der Waals surface area contributed by atoms with Gasteiger partial charge in [-0.05, 0) is 28.5 Å². The van der Waals surface area contributed by atoms with E-state index in [1.807, 2.05) is 66.9 Å². The fourth-order valence-corrected chi connectivity index (χ4v) is 3.68. The van der Waals surface area contributed by atoms with E-state index in [0.29, 0.717) is 0 Å². The lowest BCUT2D eigenvalue weighted by atomic mass is 9.94. The summed E-state index contributed by atoms with van der Waals surface area (Å²) in [5, 5.41) is 13.3. The number of fused-ring (bicyclic) bond motifs is 1. The van der Waals surface area contributed by atoms with Crippen LogP contribution in [0.2, 0.25) is 0 Å². The van der Waals surface area contributed by atoms with Gasteiger partial charge in [-0.25, -0.2) is 0 Å². The first-order valence-electron chi connectivity index (χ1n) is 8.93. The average molecular weight is 427 g/mol. The van der Waals surface area contributed by atoms with Crippen molar-refractivity contribution in [2.24, 2.45) is 0 Å². The van der Waals surface area contributed by atoms with Crippen LogP contribution in [-0.4, -0.2) is 20.0 Å². The minimum Gasteiger partial charge on any atom is -0.156 e. The zero-order valence-electron chi connectivity index (χ0n) is 14.8. The van der Waals surface area contributed by atoms with Crippen LogP contribution in [0.5, 0.6) is 0 Å². The maximum Gasteiger partial charge on any atom is 0.124 e.